The van der Waals surface area contributed by atoms with Gasteiger partial charge in [0.15, 0.2) is 0 Å². The van der Waals surface area contributed by atoms with E-state index in [1.54, 1.807) is 18.2 Å². The van der Waals surface area contributed by atoms with Crippen LogP contribution in [0.1, 0.15) is 25.3 Å². The van der Waals surface area contributed by atoms with Crippen LogP contribution in [0.25, 0.3) is 0 Å². The van der Waals surface area contributed by atoms with E-state index < -0.39 is 11.8 Å². The van der Waals surface area contributed by atoms with Crippen molar-refractivity contribution in [3.8, 4) is 0 Å². The Labute approximate surface area is 110 Å². The Morgan fingerprint density at radius 3 is 2.56 bits per heavy atom. The van der Waals surface area contributed by atoms with Crippen LogP contribution < -0.4 is 0 Å². The summed E-state index contributed by atoms with van der Waals surface area (Å²) in [6, 6.07) is 7.42. The van der Waals surface area contributed by atoms with Gasteiger partial charge in [0.2, 0.25) is 0 Å². The standard InChI is InChI=1S/C14H14ClFO2/c1-10(17)18-9-13(16)8-14(6-7-14)11-2-4-12(15)5-3-11/h2-5,8H,6-7,9H2,1H3. The summed E-state index contributed by atoms with van der Waals surface area (Å²) < 4.78 is 18.3. The Morgan fingerprint density at radius 1 is 1.44 bits per heavy atom. The average molecular weight is 269 g/mol. The predicted octanol–water partition coefficient (Wildman–Crippen LogP) is 3.79. The number of rotatable bonds is 4. The van der Waals surface area contributed by atoms with Crippen LogP contribution in [0.4, 0.5) is 4.39 Å². The van der Waals surface area contributed by atoms with Crippen LogP contribution in [0.5, 0.6) is 0 Å². The highest BCUT2D eigenvalue weighted by atomic mass is 35.5. The van der Waals surface area contributed by atoms with Gasteiger partial charge in [-0.1, -0.05) is 23.7 Å². The second-order valence-corrected chi connectivity index (χ2v) is 4.97. The number of hydrogen-bond acceptors (Lipinski definition) is 2. The van der Waals surface area contributed by atoms with Gasteiger partial charge in [0, 0.05) is 17.4 Å². The number of ether oxygens (including phenoxy) is 1. The molecule has 2 rings (SSSR count). The van der Waals surface area contributed by atoms with E-state index in [4.69, 9.17) is 11.6 Å². The van der Waals surface area contributed by atoms with Gasteiger partial charge in [-0.25, -0.2) is 4.39 Å². The van der Waals surface area contributed by atoms with E-state index in [0.29, 0.717) is 5.02 Å². The fraction of sp³-hybridized carbons (Fsp3) is 0.357. The Morgan fingerprint density at radius 2 is 2.06 bits per heavy atom. The first-order valence-electron chi connectivity index (χ1n) is 5.78. The minimum absolute atomic E-state index is 0.241. The van der Waals surface area contributed by atoms with E-state index in [0.717, 1.165) is 18.4 Å². The fourth-order valence-corrected chi connectivity index (χ4v) is 2.07. The van der Waals surface area contributed by atoms with Gasteiger partial charge in [-0.2, -0.15) is 0 Å². The number of carbonyl (C=O) groups is 1. The molecule has 0 heterocycles. The molecular weight excluding hydrogens is 255 g/mol. The smallest absolute Gasteiger partial charge is 0.303 e. The van der Waals surface area contributed by atoms with Gasteiger partial charge >= 0.3 is 5.97 Å². The lowest BCUT2D eigenvalue weighted by Gasteiger charge is -2.11. The van der Waals surface area contributed by atoms with Crippen molar-refractivity contribution < 1.29 is 13.9 Å². The molecule has 0 N–H and O–H groups in total. The lowest BCUT2D eigenvalue weighted by atomic mass is 9.95. The molecule has 0 atom stereocenters. The molecule has 0 spiro atoms. The SMILES string of the molecule is CC(=O)OCC(F)=CC1(c2ccc(Cl)cc2)CC1. The Hall–Kier alpha value is -1.35. The van der Waals surface area contributed by atoms with Gasteiger partial charge in [0.25, 0.3) is 0 Å². The zero-order chi connectivity index (χ0) is 13.2. The minimum atomic E-state index is -0.477. The molecule has 1 aromatic rings. The Kier molecular flexibility index (Phi) is 3.71. The molecule has 0 unspecified atom stereocenters. The molecule has 0 saturated heterocycles. The maximum atomic E-state index is 13.6. The zero-order valence-electron chi connectivity index (χ0n) is 10.1. The first-order chi connectivity index (χ1) is 8.52. The van der Waals surface area contributed by atoms with Crippen LogP contribution in [0, 0.1) is 0 Å². The Balaban J connectivity index is 2.10. The normalized spacial score (nSPS) is 17.4. The average Bonchev–Trinajstić information content (AvgIpc) is 3.08. The number of hydrogen-bond donors (Lipinski definition) is 0. The summed E-state index contributed by atoms with van der Waals surface area (Å²) in [6.07, 6.45) is 3.36. The molecule has 0 amide bonds. The van der Waals surface area contributed by atoms with Crippen molar-refractivity contribution in [2.45, 2.75) is 25.2 Å². The lowest BCUT2D eigenvalue weighted by Crippen LogP contribution is -2.06. The van der Waals surface area contributed by atoms with Gasteiger partial charge in [-0.15, -0.1) is 0 Å². The third-order valence-corrected chi connectivity index (χ3v) is 3.31. The summed E-state index contributed by atoms with van der Waals surface area (Å²) in [6.45, 7) is 0.976. The number of carbonyl (C=O) groups excluding carboxylic acids is 1. The summed E-state index contributed by atoms with van der Waals surface area (Å²) >= 11 is 5.83. The molecular formula is C14H14ClFO2. The van der Waals surface area contributed by atoms with E-state index in [2.05, 4.69) is 4.74 Å². The summed E-state index contributed by atoms with van der Waals surface area (Å²) in [4.78, 5) is 10.6. The van der Waals surface area contributed by atoms with Gasteiger partial charge in [-0.3, -0.25) is 4.79 Å². The number of esters is 1. The van der Waals surface area contributed by atoms with Crippen molar-refractivity contribution in [1.29, 1.82) is 0 Å². The van der Waals surface area contributed by atoms with Gasteiger partial charge in [-0.05, 0) is 36.6 Å². The van der Waals surface area contributed by atoms with Crippen molar-refractivity contribution in [3.05, 3.63) is 46.8 Å². The molecule has 1 saturated carbocycles. The van der Waals surface area contributed by atoms with Gasteiger partial charge < -0.3 is 4.74 Å². The first-order valence-corrected chi connectivity index (χ1v) is 6.16. The molecule has 0 aromatic heterocycles. The summed E-state index contributed by atoms with van der Waals surface area (Å²) in [7, 11) is 0. The molecule has 0 radical (unpaired) electrons. The number of halogens is 2. The summed E-state index contributed by atoms with van der Waals surface area (Å²) in [5.74, 6) is -0.882. The van der Waals surface area contributed by atoms with Crippen LogP contribution in [0.15, 0.2) is 36.2 Å². The highest BCUT2D eigenvalue weighted by Crippen LogP contribution is 2.50. The van der Waals surface area contributed by atoms with Crippen molar-refractivity contribution >= 4 is 17.6 Å². The van der Waals surface area contributed by atoms with Crippen LogP contribution in [-0.2, 0) is 14.9 Å². The molecule has 96 valence electrons. The van der Waals surface area contributed by atoms with Crippen molar-refractivity contribution in [1.82, 2.24) is 0 Å². The Bertz CT molecular complexity index is 475. The largest absolute Gasteiger partial charge is 0.459 e. The molecule has 1 fully saturated rings. The van der Waals surface area contributed by atoms with E-state index >= 15 is 0 Å². The molecule has 0 aliphatic heterocycles. The molecule has 2 nitrogen and oxygen atoms in total. The fourth-order valence-electron chi connectivity index (χ4n) is 1.94. The van der Waals surface area contributed by atoms with Crippen LogP contribution in [-0.4, -0.2) is 12.6 Å². The van der Waals surface area contributed by atoms with E-state index in [1.165, 1.54) is 6.92 Å². The highest BCUT2D eigenvalue weighted by Gasteiger charge is 2.42. The molecule has 4 heteroatoms. The maximum Gasteiger partial charge on any atom is 0.303 e. The first kappa shape index (κ1) is 13.1. The topological polar surface area (TPSA) is 26.3 Å². The second kappa shape index (κ2) is 5.11. The van der Waals surface area contributed by atoms with Crippen molar-refractivity contribution in [2.24, 2.45) is 0 Å². The molecule has 1 aliphatic carbocycles. The molecule has 1 aromatic carbocycles. The quantitative estimate of drug-likeness (QED) is 0.777. The maximum absolute atomic E-state index is 13.6. The third-order valence-electron chi connectivity index (χ3n) is 3.05. The lowest BCUT2D eigenvalue weighted by molar-refractivity contribution is -0.140. The summed E-state index contributed by atoms with van der Waals surface area (Å²) in [5, 5.41) is 0.666. The predicted molar refractivity (Wildman–Crippen MR) is 68.2 cm³/mol. The van der Waals surface area contributed by atoms with Crippen molar-refractivity contribution in [3.63, 3.8) is 0 Å². The van der Waals surface area contributed by atoms with E-state index in [-0.39, 0.29) is 12.0 Å². The van der Waals surface area contributed by atoms with Crippen LogP contribution in [0.2, 0.25) is 5.02 Å². The monoisotopic (exact) mass is 268 g/mol. The summed E-state index contributed by atoms with van der Waals surface area (Å²) in [5.41, 5.74) is 0.805. The highest BCUT2D eigenvalue weighted by molar-refractivity contribution is 6.30. The van der Waals surface area contributed by atoms with E-state index in [9.17, 15) is 9.18 Å². The van der Waals surface area contributed by atoms with Crippen LogP contribution in [0.3, 0.4) is 0 Å². The number of benzene rings is 1. The molecule has 0 bridgehead atoms. The van der Waals surface area contributed by atoms with Crippen molar-refractivity contribution in [2.75, 3.05) is 6.61 Å². The van der Waals surface area contributed by atoms with E-state index in [1.807, 2.05) is 12.1 Å². The second-order valence-electron chi connectivity index (χ2n) is 4.53. The minimum Gasteiger partial charge on any atom is -0.459 e. The molecule has 18 heavy (non-hydrogen) atoms. The third kappa shape index (κ3) is 3.10. The van der Waals surface area contributed by atoms with Gasteiger partial charge in [0.05, 0.1) is 0 Å². The zero-order valence-corrected chi connectivity index (χ0v) is 10.8. The number of allylic oxidation sites excluding steroid dienone is 1. The molecule has 1 aliphatic rings. The van der Waals surface area contributed by atoms with Crippen LogP contribution >= 0.6 is 11.6 Å². The van der Waals surface area contributed by atoms with Gasteiger partial charge in [0.1, 0.15) is 12.4 Å².